The van der Waals surface area contributed by atoms with E-state index in [9.17, 15) is 0 Å². The van der Waals surface area contributed by atoms with Crippen molar-refractivity contribution in [2.24, 2.45) is 0 Å². The van der Waals surface area contributed by atoms with Gasteiger partial charge in [-0.1, -0.05) is 109 Å². The molecule has 0 amide bonds. The van der Waals surface area contributed by atoms with Crippen LogP contribution in [-0.4, -0.2) is 28.1 Å². The summed E-state index contributed by atoms with van der Waals surface area (Å²) in [6, 6.07) is 32.7. The fraction of sp³-hybridized carbons (Fsp3) is 0.167. The lowest BCUT2D eigenvalue weighted by molar-refractivity contribution is 1.04. The largest absolute Gasteiger partial charge is 0.310 e. The molecule has 0 saturated carbocycles. The molecular weight excluding hydrogens is 623 g/mol. The van der Waals surface area contributed by atoms with Gasteiger partial charge in [-0.25, -0.2) is 0 Å². The molecule has 1 aliphatic carbocycles. The summed E-state index contributed by atoms with van der Waals surface area (Å²) >= 11 is 0. The van der Waals surface area contributed by atoms with E-state index in [-0.39, 0.29) is 6.32 Å². The van der Waals surface area contributed by atoms with E-state index in [1.807, 2.05) is 6.92 Å². The van der Waals surface area contributed by atoms with Crippen molar-refractivity contribution in [2.75, 3.05) is 0 Å². The summed E-state index contributed by atoms with van der Waals surface area (Å²) in [5.41, 5.74) is 18.3. The van der Waals surface area contributed by atoms with Crippen molar-refractivity contribution in [3.63, 3.8) is 0 Å². The predicted molar refractivity (Wildman–Crippen MR) is 229 cm³/mol. The Morgan fingerprint density at radius 3 is 2.02 bits per heavy atom. The van der Waals surface area contributed by atoms with Gasteiger partial charge in [-0.2, -0.15) is 0 Å². The first-order chi connectivity index (χ1) is 25.1. The smallest absolute Gasteiger partial charge is 0.115 e. The lowest BCUT2D eigenvalue weighted by Crippen LogP contribution is -2.32. The van der Waals surface area contributed by atoms with Crippen LogP contribution >= 0.6 is 0 Å². The quantitative estimate of drug-likeness (QED) is 0.150. The van der Waals surface area contributed by atoms with Gasteiger partial charge in [-0.05, 0) is 145 Å². The van der Waals surface area contributed by atoms with E-state index in [4.69, 9.17) is 23.5 Å². The summed E-state index contributed by atoms with van der Waals surface area (Å²) in [6.07, 6.45) is 11.2. The van der Waals surface area contributed by atoms with Gasteiger partial charge in [0.25, 0.3) is 0 Å². The molecule has 4 heteroatoms. The number of rotatable bonds is 7. The Balaban J connectivity index is 1.50. The fourth-order valence-corrected chi connectivity index (χ4v) is 7.76. The maximum Gasteiger partial charge on any atom is 0.115 e. The van der Waals surface area contributed by atoms with Crippen LogP contribution in [0.5, 0.6) is 0 Å². The summed E-state index contributed by atoms with van der Waals surface area (Å²) in [5.74, 6) is 0. The SMILES string of the molecule is [B]C/C([B])=c1\c(=C/C(=C)C)c2c([B])c(-c3ccc(C)c(-c4cc(-c5ccccc5)ccc4C)c3)c(C)c(C)c2n1-c1ccc(C2=CCCC=C2)cc1. The molecule has 0 atom stereocenters. The number of aryl methyl sites for hydroxylation is 3. The summed E-state index contributed by atoms with van der Waals surface area (Å²) < 4.78 is 2.25. The second kappa shape index (κ2) is 14.4. The molecule has 0 aliphatic heterocycles. The first-order valence-electron chi connectivity index (χ1n) is 18.1. The van der Waals surface area contributed by atoms with E-state index in [0.717, 1.165) is 67.8 Å². The molecule has 0 saturated heterocycles. The lowest BCUT2D eigenvalue weighted by Gasteiger charge is -2.20. The Kier molecular flexibility index (Phi) is 9.77. The van der Waals surface area contributed by atoms with Gasteiger partial charge >= 0.3 is 0 Å². The lowest BCUT2D eigenvalue weighted by atomic mass is 9.78. The Bertz CT molecular complexity index is 2560. The van der Waals surface area contributed by atoms with E-state index in [0.29, 0.717) is 10.9 Å². The summed E-state index contributed by atoms with van der Waals surface area (Å²) in [5, 5.41) is 2.75. The van der Waals surface area contributed by atoms with Crippen LogP contribution in [0, 0.1) is 27.7 Å². The van der Waals surface area contributed by atoms with Crippen LogP contribution in [0.4, 0.5) is 0 Å². The highest BCUT2D eigenvalue weighted by Gasteiger charge is 2.22. The van der Waals surface area contributed by atoms with Gasteiger partial charge in [0.1, 0.15) is 15.7 Å². The molecule has 0 spiro atoms. The average Bonchev–Trinajstić information content (AvgIpc) is 3.49. The van der Waals surface area contributed by atoms with Crippen LogP contribution in [0.2, 0.25) is 6.32 Å². The van der Waals surface area contributed by atoms with Crippen molar-refractivity contribution in [1.29, 1.82) is 0 Å². The maximum absolute atomic E-state index is 7.42. The third-order valence-corrected chi connectivity index (χ3v) is 10.6. The minimum atomic E-state index is 0.205. The van der Waals surface area contributed by atoms with Crippen molar-refractivity contribution in [2.45, 2.75) is 53.8 Å². The zero-order valence-corrected chi connectivity index (χ0v) is 31.0. The fourth-order valence-electron chi connectivity index (χ4n) is 7.76. The summed E-state index contributed by atoms with van der Waals surface area (Å²) in [4.78, 5) is 0. The average molecular weight is 665 g/mol. The number of nitrogens with zero attached hydrogens (tertiary/aromatic N) is 1. The Hall–Kier alpha value is -5.21. The van der Waals surface area contributed by atoms with Crippen molar-refractivity contribution < 1.29 is 0 Å². The monoisotopic (exact) mass is 665 g/mol. The summed E-state index contributed by atoms with van der Waals surface area (Å²) in [7, 11) is 20.6. The highest BCUT2D eigenvalue weighted by Crippen LogP contribution is 2.36. The number of hydrogen-bond acceptors (Lipinski definition) is 0. The molecule has 0 bridgehead atoms. The molecule has 52 heavy (non-hydrogen) atoms. The zero-order valence-electron chi connectivity index (χ0n) is 31.0. The second-order valence-electron chi connectivity index (χ2n) is 14.2. The molecule has 1 aromatic heterocycles. The zero-order chi connectivity index (χ0) is 36.7. The number of aromatic nitrogens is 1. The molecule has 0 fully saturated rings. The van der Waals surface area contributed by atoms with E-state index in [1.54, 1.807) is 0 Å². The summed E-state index contributed by atoms with van der Waals surface area (Å²) in [6.45, 7) is 15.0. The van der Waals surface area contributed by atoms with Crippen molar-refractivity contribution >= 4 is 57.0 Å². The molecule has 248 valence electrons. The minimum Gasteiger partial charge on any atom is -0.310 e. The standard InChI is InChI=1S/C48H42B3N/c1-29(2)25-42-45-46(51)44(38-20-18-31(4)41(27-38)40-26-37(19-17-30(40)3)35-15-11-8-12-16-35)32(5)33(6)47(45)52(48(42)43(50)28-49)39-23-21-36(22-24-39)34-13-9-7-10-14-34/h8-9,11-27H,1,7,10,28H2,2-6H3/b42-25-,48-43-. The maximum atomic E-state index is 7.42. The third-order valence-electron chi connectivity index (χ3n) is 10.6. The van der Waals surface area contributed by atoms with Gasteiger partial charge in [-0.15, -0.1) is 5.47 Å². The van der Waals surface area contributed by atoms with Crippen molar-refractivity contribution in [1.82, 2.24) is 4.57 Å². The Morgan fingerprint density at radius 1 is 0.769 bits per heavy atom. The predicted octanol–water partition coefficient (Wildman–Crippen LogP) is 9.61. The van der Waals surface area contributed by atoms with Crippen molar-refractivity contribution in [3.05, 3.63) is 160 Å². The molecule has 1 heterocycles. The Morgan fingerprint density at radius 2 is 1.40 bits per heavy atom. The molecule has 6 aromatic rings. The number of benzene rings is 5. The minimum absolute atomic E-state index is 0.205. The number of fused-ring (bicyclic) bond motifs is 1. The highest BCUT2D eigenvalue weighted by atomic mass is 15.0. The van der Waals surface area contributed by atoms with Crippen LogP contribution in [0.25, 0.3) is 67.1 Å². The van der Waals surface area contributed by atoms with E-state index in [2.05, 4.69) is 154 Å². The molecular formula is C48H42B3N. The molecule has 5 aromatic carbocycles. The first-order valence-corrected chi connectivity index (χ1v) is 18.1. The molecule has 0 N–H and O–H groups in total. The van der Waals surface area contributed by atoms with Crippen LogP contribution in [0.1, 0.15) is 47.6 Å². The van der Waals surface area contributed by atoms with E-state index >= 15 is 0 Å². The van der Waals surface area contributed by atoms with Gasteiger partial charge in [0.05, 0.1) is 13.4 Å². The topological polar surface area (TPSA) is 4.93 Å². The molecule has 1 aliphatic rings. The normalized spacial score (nSPS) is 13.8. The van der Waals surface area contributed by atoms with Crippen molar-refractivity contribution in [3.8, 4) is 39.1 Å². The van der Waals surface area contributed by atoms with Gasteiger partial charge < -0.3 is 4.57 Å². The van der Waals surface area contributed by atoms with Gasteiger partial charge in [0, 0.05) is 21.6 Å². The van der Waals surface area contributed by atoms with E-state index in [1.165, 1.54) is 44.5 Å². The van der Waals surface area contributed by atoms with Gasteiger partial charge in [0.2, 0.25) is 0 Å². The van der Waals surface area contributed by atoms with Gasteiger partial charge in [-0.3, -0.25) is 0 Å². The highest BCUT2D eigenvalue weighted by molar-refractivity contribution is 6.44. The molecule has 1 nitrogen and oxygen atoms in total. The number of allylic oxidation sites excluding steroid dienone is 5. The van der Waals surface area contributed by atoms with Crippen LogP contribution in [0.15, 0.2) is 121 Å². The Labute approximate surface area is 313 Å². The number of hydrogen-bond donors (Lipinski definition) is 0. The first kappa shape index (κ1) is 35.2. The van der Waals surface area contributed by atoms with Crippen LogP contribution in [0.3, 0.4) is 0 Å². The van der Waals surface area contributed by atoms with Crippen LogP contribution < -0.4 is 16.0 Å². The molecule has 7 rings (SSSR count). The molecule has 0 unspecified atom stereocenters. The second-order valence-corrected chi connectivity index (χ2v) is 14.2. The van der Waals surface area contributed by atoms with E-state index < -0.39 is 0 Å². The third kappa shape index (κ3) is 6.30. The molecule has 6 radical (unpaired) electrons. The van der Waals surface area contributed by atoms with Gasteiger partial charge in [0.15, 0.2) is 0 Å². The van der Waals surface area contributed by atoms with Crippen LogP contribution in [-0.2, 0) is 0 Å².